The molecular weight excluding hydrogens is 256 g/mol. The molecule has 0 rings (SSSR count). The van der Waals surface area contributed by atoms with E-state index >= 15 is 0 Å². The molecule has 0 aliphatic rings. The predicted octanol–water partition coefficient (Wildman–Crippen LogP) is -1.13. The van der Waals surface area contributed by atoms with Crippen LogP contribution in [0.4, 0.5) is 0 Å². The second kappa shape index (κ2) is 19.3. The fraction of sp³-hybridized carbons (Fsp3) is 0.500. The number of carbonyl (C=O) groups excluding carboxylic acids is 1. The zero-order chi connectivity index (χ0) is 3.41. The Balaban J connectivity index is -0.0000000450. The smallest absolute Gasteiger partial charge is 0.0362 e. The van der Waals surface area contributed by atoms with Crippen LogP contribution in [0.1, 0.15) is 0 Å². The monoisotopic (exact) mass is 261 g/mol. The van der Waals surface area contributed by atoms with E-state index in [1.54, 1.807) is 0 Å². The van der Waals surface area contributed by atoms with Crippen LogP contribution < -0.4 is 0 Å². The minimum absolute atomic E-state index is 0. The van der Waals surface area contributed by atoms with Crippen LogP contribution in [0, 0.1) is 0 Å². The molecule has 0 saturated heterocycles. The van der Waals surface area contributed by atoms with Crippen molar-refractivity contribution in [2.75, 3.05) is 7.11 Å². The number of methoxy groups -OCH3 is 1. The Labute approximate surface area is 50.2 Å². The van der Waals surface area contributed by atoms with Crippen LogP contribution >= 0.6 is 0 Å². The fourth-order valence-electron chi connectivity index (χ4n) is 0. The molecule has 38 valence electrons. The third-order valence-corrected chi connectivity index (χ3v) is 0.0833. The third kappa shape index (κ3) is 32.0. The molecule has 0 fully saturated rings. The van der Waals surface area contributed by atoms with Gasteiger partial charge in [-0.25, -0.2) is 0 Å². The SMILES string of the molecule is CO[C-]=O.O.[W]. The van der Waals surface area contributed by atoms with Crippen molar-refractivity contribution >= 4 is 6.47 Å². The van der Waals surface area contributed by atoms with E-state index in [-0.39, 0.29) is 26.5 Å². The maximum Gasteiger partial charge on any atom is 0.0362 e. The minimum Gasteiger partial charge on any atom is -0.655 e. The predicted molar refractivity (Wildman–Crippen MR) is 16.3 cm³/mol. The van der Waals surface area contributed by atoms with E-state index in [0.29, 0.717) is 0 Å². The maximum absolute atomic E-state index is 8.83. The van der Waals surface area contributed by atoms with Crippen molar-refractivity contribution in [3.05, 3.63) is 0 Å². The Kier molecular flexibility index (Phi) is 53.1. The first kappa shape index (κ1) is 16.5. The Morgan fingerprint density at radius 1 is 1.67 bits per heavy atom. The molecule has 3 nitrogen and oxygen atoms in total. The number of hydrogen-bond donors (Lipinski definition) is 0. The van der Waals surface area contributed by atoms with E-state index in [2.05, 4.69) is 4.74 Å². The zero-order valence-electron chi connectivity index (χ0n) is 3.22. The molecule has 0 amide bonds. The maximum atomic E-state index is 8.83. The van der Waals surface area contributed by atoms with Gasteiger partial charge in [-0.3, -0.25) is 0 Å². The summed E-state index contributed by atoms with van der Waals surface area (Å²) in [7, 11) is 1.26. The van der Waals surface area contributed by atoms with Crippen LogP contribution in [0.5, 0.6) is 0 Å². The van der Waals surface area contributed by atoms with Crippen molar-refractivity contribution in [2.24, 2.45) is 0 Å². The second-order valence-corrected chi connectivity index (χ2v) is 0.287. The summed E-state index contributed by atoms with van der Waals surface area (Å²) in [6, 6.07) is 0. The molecule has 0 aliphatic carbocycles. The normalized spacial score (nSPS) is 3.50. The zero-order valence-corrected chi connectivity index (χ0v) is 6.16. The summed E-state index contributed by atoms with van der Waals surface area (Å²) in [5.74, 6) is 0. The quantitative estimate of drug-likeness (QED) is 0.561. The van der Waals surface area contributed by atoms with Crippen LogP contribution in [0.25, 0.3) is 0 Å². The summed E-state index contributed by atoms with van der Waals surface area (Å²) in [5, 5.41) is 0. The summed E-state index contributed by atoms with van der Waals surface area (Å²) in [5.41, 5.74) is 0. The van der Waals surface area contributed by atoms with Crippen LogP contribution in [0.2, 0.25) is 0 Å². The van der Waals surface area contributed by atoms with Gasteiger partial charge in [-0.1, -0.05) is 6.47 Å². The molecule has 0 aromatic rings. The van der Waals surface area contributed by atoms with Gasteiger partial charge in [0.1, 0.15) is 0 Å². The number of hydrogen-bond acceptors (Lipinski definition) is 2. The summed E-state index contributed by atoms with van der Waals surface area (Å²) in [6.07, 6.45) is 0. The van der Waals surface area contributed by atoms with Crippen molar-refractivity contribution in [3.63, 3.8) is 0 Å². The third-order valence-electron chi connectivity index (χ3n) is 0.0833. The van der Waals surface area contributed by atoms with E-state index < -0.39 is 0 Å². The minimum atomic E-state index is 0. The molecule has 0 aromatic carbocycles. The van der Waals surface area contributed by atoms with Gasteiger partial charge in [0.15, 0.2) is 0 Å². The van der Waals surface area contributed by atoms with Crippen molar-refractivity contribution in [1.29, 1.82) is 0 Å². The van der Waals surface area contributed by atoms with Gasteiger partial charge in [-0.2, -0.15) is 0 Å². The van der Waals surface area contributed by atoms with E-state index in [1.165, 1.54) is 13.6 Å². The molecule has 0 bridgehead atoms. The molecule has 4 heteroatoms. The Hall–Kier alpha value is 0.118. The molecule has 0 heterocycles. The van der Waals surface area contributed by atoms with Crippen LogP contribution in [-0.4, -0.2) is 19.1 Å². The molecule has 0 aromatic heterocycles. The Bertz CT molecular complexity index is 22.8. The van der Waals surface area contributed by atoms with Crippen molar-refractivity contribution < 1.29 is 36.1 Å². The number of ether oxygens (including phenoxy) is 1. The summed E-state index contributed by atoms with van der Waals surface area (Å²) < 4.78 is 3.74. The molecule has 0 saturated carbocycles. The van der Waals surface area contributed by atoms with Gasteiger partial charge in [0.05, 0.1) is 0 Å². The Morgan fingerprint density at radius 2 is 1.83 bits per heavy atom. The summed E-state index contributed by atoms with van der Waals surface area (Å²) in [6.45, 7) is 1.18. The molecule has 0 aliphatic heterocycles. The second-order valence-electron chi connectivity index (χ2n) is 0.287. The van der Waals surface area contributed by atoms with Crippen LogP contribution in [-0.2, 0) is 30.6 Å². The van der Waals surface area contributed by atoms with Gasteiger partial charge in [-0.15, -0.1) is 0 Å². The first-order valence-corrected chi connectivity index (χ1v) is 0.816. The van der Waals surface area contributed by atoms with Gasteiger partial charge >= 0.3 is 0 Å². The van der Waals surface area contributed by atoms with Gasteiger partial charge in [-0.05, 0) is 0 Å². The molecule has 0 radical (unpaired) electrons. The Morgan fingerprint density at radius 3 is 1.83 bits per heavy atom. The average Bonchev–Trinajstić information content (AvgIpc) is 1.37. The molecule has 2 N–H and O–H groups in total. The first-order valence-electron chi connectivity index (χ1n) is 0.816. The largest absolute Gasteiger partial charge is 0.655 e. The fourth-order valence-corrected chi connectivity index (χ4v) is 0. The topological polar surface area (TPSA) is 57.8 Å². The van der Waals surface area contributed by atoms with Gasteiger partial charge in [0, 0.05) is 28.2 Å². The van der Waals surface area contributed by atoms with Gasteiger partial charge in [0.2, 0.25) is 0 Å². The molecule has 0 unspecified atom stereocenters. The van der Waals surface area contributed by atoms with Crippen molar-refractivity contribution in [1.82, 2.24) is 0 Å². The molecule has 6 heavy (non-hydrogen) atoms. The average molecular weight is 261 g/mol. The van der Waals surface area contributed by atoms with E-state index in [9.17, 15) is 0 Å². The van der Waals surface area contributed by atoms with E-state index in [0.717, 1.165) is 0 Å². The molecule has 0 atom stereocenters. The standard InChI is InChI=1S/C2H3O2.H2O.W/c1-4-2-3;;/h1H3;1H2;/q-1;;. The molecular formula is C2H5O3W-. The van der Waals surface area contributed by atoms with Crippen molar-refractivity contribution in [3.8, 4) is 0 Å². The molecule has 0 spiro atoms. The van der Waals surface area contributed by atoms with Gasteiger partial charge < -0.3 is 15.0 Å². The number of rotatable bonds is 1. The van der Waals surface area contributed by atoms with Gasteiger partial charge in [0.25, 0.3) is 0 Å². The van der Waals surface area contributed by atoms with E-state index in [1.807, 2.05) is 0 Å². The first-order chi connectivity index (χ1) is 1.91. The van der Waals surface area contributed by atoms with Crippen molar-refractivity contribution in [2.45, 2.75) is 0 Å². The van der Waals surface area contributed by atoms with Crippen LogP contribution in [0.3, 0.4) is 0 Å². The van der Waals surface area contributed by atoms with E-state index in [4.69, 9.17) is 4.79 Å². The summed E-state index contributed by atoms with van der Waals surface area (Å²) in [4.78, 5) is 8.83. The van der Waals surface area contributed by atoms with Crippen LogP contribution in [0.15, 0.2) is 0 Å². The summed E-state index contributed by atoms with van der Waals surface area (Å²) >= 11 is 0.